The molecule has 4 aromatic carbocycles. The van der Waals surface area contributed by atoms with Crippen LogP contribution in [0.15, 0.2) is 91.0 Å². The van der Waals surface area contributed by atoms with E-state index in [9.17, 15) is 0 Å². The average molecular weight is 360 g/mol. The van der Waals surface area contributed by atoms with Gasteiger partial charge in [0, 0.05) is 11.1 Å². The molecule has 0 saturated carbocycles. The quantitative estimate of drug-likeness (QED) is 0.316. The lowest BCUT2D eigenvalue weighted by atomic mass is 9.64. The summed E-state index contributed by atoms with van der Waals surface area (Å²) in [4.78, 5) is 0. The van der Waals surface area contributed by atoms with Crippen molar-refractivity contribution in [3.05, 3.63) is 119 Å². The van der Waals surface area contributed by atoms with Crippen LogP contribution in [0.25, 0.3) is 11.1 Å². The van der Waals surface area contributed by atoms with Gasteiger partial charge in [-0.1, -0.05) is 85.8 Å². The molecule has 0 aromatic heterocycles. The van der Waals surface area contributed by atoms with Gasteiger partial charge >= 0.3 is 0 Å². The van der Waals surface area contributed by atoms with Crippen LogP contribution in [-0.4, -0.2) is 0 Å². The van der Waals surface area contributed by atoms with Gasteiger partial charge in [-0.2, -0.15) is 0 Å². The Bertz CT molecular complexity index is 1190. The number of rotatable bonds is 1. The van der Waals surface area contributed by atoms with Gasteiger partial charge in [0.05, 0.1) is 5.41 Å². The zero-order valence-corrected chi connectivity index (χ0v) is 15.8. The highest BCUT2D eigenvalue weighted by Gasteiger charge is 2.51. The highest BCUT2D eigenvalue weighted by atomic mass is 16.5. The van der Waals surface area contributed by atoms with Crippen molar-refractivity contribution in [1.82, 2.24) is 0 Å². The Morgan fingerprint density at radius 2 is 1.18 bits per heavy atom. The van der Waals surface area contributed by atoms with E-state index >= 15 is 0 Å². The molecular weight excluding hydrogens is 340 g/mol. The Morgan fingerprint density at radius 3 is 1.86 bits per heavy atom. The number of benzene rings is 4. The maximum atomic E-state index is 6.44. The summed E-state index contributed by atoms with van der Waals surface area (Å²) in [6, 6.07) is 32.8. The van der Waals surface area contributed by atoms with E-state index in [1.807, 2.05) is 0 Å². The Balaban J connectivity index is 1.87. The number of para-hydroxylation sites is 1. The first-order valence-electron chi connectivity index (χ1n) is 9.94. The third-order valence-electron chi connectivity index (χ3n) is 6.33. The normalized spacial score (nSPS) is 14.6. The second kappa shape index (κ2) is 5.59. The number of fused-ring (bicyclic) bond motifs is 9. The maximum absolute atomic E-state index is 6.44. The topological polar surface area (TPSA) is 9.23 Å². The molecule has 0 bridgehead atoms. The zero-order chi connectivity index (χ0) is 18.7. The van der Waals surface area contributed by atoms with Gasteiger partial charge in [-0.25, -0.2) is 0 Å². The predicted molar refractivity (Wildman–Crippen MR) is 113 cm³/mol. The first-order chi connectivity index (χ1) is 13.9. The summed E-state index contributed by atoms with van der Waals surface area (Å²) in [7, 11) is 0. The minimum atomic E-state index is -0.329. The molecule has 28 heavy (non-hydrogen) atoms. The largest absolute Gasteiger partial charge is 0.457 e. The minimum absolute atomic E-state index is 0.329. The molecule has 134 valence electrons. The Labute approximate surface area is 165 Å². The summed E-state index contributed by atoms with van der Waals surface area (Å²) in [5.41, 5.74) is 8.92. The summed E-state index contributed by atoms with van der Waals surface area (Å²) in [6.07, 6.45) is 0.973. The van der Waals surface area contributed by atoms with Gasteiger partial charge in [0.25, 0.3) is 0 Å². The van der Waals surface area contributed by atoms with Crippen LogP contribution in [0.5, 0.6) is 11.5 Å². The van der Waals surface area contributed by atoms with Crippen molar-refractivity contribution in [3.8, 4) is 22.6 Å². The van der Waals surface area contributed by atoms with Crippen LogP contribution < -0.4 is 4.74 Å². The standard InChI is InChI=1S/C27H20O/c1-2-18-10-9-17-25-26(18)27(23-15-7-8-16-24(23)28-25)21-13-5-3-11-19(21)20-12-4-6-14-22(20)27/h3-17H,2H2,1H3. The molecule has 0 fully saturated rings. The van der Waals surface area contributed by atoms with Crippen molar-refractivity contribution in [2.24, 2.45) is 0 Å². The molecule has 0 atom stereocenters. The molecule has 1 spiro atoms. The fraction of sp³-hybridized carbons (Fsp3) is 0.111. The van der Waals surface area contributed by atoms with Crippen LogP contribution >= 0.6 is 0 Å². The Hall–Kier alpha value is -3.32. The summed E-state index contributed by atoms with van der Waals surface area (Å²) in [6.45, 7) is 2.23. The number of hydrogen-bond acceptors (Lipinski definition) is 1. The fourth-order valence-corrected chi connectivity index (χ4v) is 5.30. The van der Waals surface area contributed by atoms with Gasteiger partial charge in [-0.05, 0) is 46.4 Å². The summed E-state index contributed by atoms with van der Waals surface area (Å²) >= 11 is 0. The van der Waals surface area contributed by atoms with Gasteiger partial charge in [0.15, 0.2) is 0 Å². The van der Waals surface area contributed by atoms with E-state index in [4.69, 9.17) is 4.74 Å². The molecule has 1 aliphatic heterocycles. The van der Waals surface area contributed by atoms with Gasteiger partial charge in [0.1, 0.15) is 11.5 Å². The highest BCUT2D eigenvalue weighted by Crippen LogP contribution is 2.62. The Morgan fingerprint density at radius 1 is 0.607 bits per heavy atom. The maximum Gasteiger partial charge on any atom is 0.132 e. The van der Waals surface area contributed by atoms with E-state index in [-0.39, 0.29) is 5.41 Å². The zero-order valence-electron chi connectivity index (χ0n) is 15.8. The van der Waals surface area contributed by atoms with Crippen molar-refractivity contribution >= 4 is 0 Å². The van der Waals surface area contributed by atoms with Gasteiger partial charge in [0.2, 0.25) is 0 Å². The molecule has 6 rings (SSSR count). The van der Waals surface area contributed by atoms with E-state index in [0.717, 1.165) is 17.9 Å². The third-order valence-corrected chi connectivity index (χ3v) is 6.33. The van der Waals surface area contributed by atoms with Crippen molar-refractivity contribution in [2.75, 3.05) is 0 Å². The molecule has 0 N–H and O–H groups in total. The molecule has 1 heterocycles. The Kier molecular flexibility index (Phi) is 3.14. The van der Waals surface area contributed by atoms with Gasteiger partial charge < -0.3 is 4.74 Å². The molecule has 0 saturated heterocycles. The fourth-order valence-electron chi connectivity index (χ4n) is 5.30. The summed E-state index contributed by atoms with van der Waals surface area (Å²) in [5.74, 6) is 1.93. The van der Waals surface area contributed by atoms with Crippen LogP contribution in [0.1, 0.15) is 34.7 Å². The highest BCUT2D eigenvalue weighted by molar-refractivity contribution is 5.88. The summed E-state index contributed by atoms with van der Waals surface area (Å²) < 4.78 is 6.44. The molecule has 1 nitrogen and oxygen atoms in total. The van der Waals surface area contributed by atoms with Crippen LogP contribution in [0, 0.1) is 0 Å². The second-order valence-electron chi connectivity index (χ2n) is 7.58. The lowest BCUT2D eigenvalue weighted by molar-refractivity contribution is 0.434. The van der Waals surface area contributed by atoms with E-state index in [1.54, 1.807) is 0 Å². The van der Waals surface area contributed by atoms with Crippen molar-refractivity contribution in [2.45, 2.75) is 18.8 Å². The van der Waals surface area contributed by atoms with Crippen molar-refractivity contribution < 1.29 is 4.74 Å². The third kappa shape index (κ3) is 1.77. The molecule has 4 aromatic rings. The monoisotopic (exact) mass is 360 g/mol. The summed E-state index contributed by atoms with van der Waals surface area (Å²) in [5, 5.41) is 0. The van der Waals surface area contributed by atoms with E-state index in [1.165, 1.54) is 38.9 Å². The first kappa shape index (κ1) is 15.7. The smallest absolute Gasteiger partial charge is 0.132 e. The van der Waals surface area contributed by atoms with Crippen molar-refractivity contribution in [1.29, 1.82) is 0 Å². The van der Waals surface area contributed by atoms with Crippen molar-refractivity contribution in [3.63, 3.8) is 0 Å². The van der Waals surface area contributed by atoms with Gasteiger partial charge in [-0.15, -0.1) is 0 Å². The van der Waals surface area contributed by atoms with Crippen LogP contribution in [0.3, 0.4) is 0 Å². The van der Waals surface area contributed by atoms with Crippen LogP contribution in [0.4, 0.5) is 0 Å². The SMILES string of the molecule is CCc1cccc2c1C1(c3ccccc3O2)c2ccccc2-c2ccccc21. The predicted octanol–water partition coefficient (Wildman–Crippen LogP) is 6.72. The lowest BCUT2D eigenvalue weighted by Gasteiger charge is -2.40. The van der Waals surface area contributed by atoms with Crippen LogP contribution in [0.2, 0.25) is 0 Å². The molecule has 0 unspecified atom stereocenters. The molecule has 2 aliphatic rings. The number of aryl methyl sites for hydroxylation is 1. The number of hydrogen-bond donors (Lipinski definition) is 0. The first-order valence-corrected chi connectivity index (χ1v) is 9.94. The minimum Gasteiger partial charge on any atom is -0.457 e. The van der Waals surface area contributed by atoms with Gasteiger partial charge in [-0.3, -0.25) is 0 Å². The van der Waals surface area contributed by atoms with E-state index in [0.29, 0.717) is 0 Å². The lowest BCUT2D eigenvalue weighted by Crippen LogP contribution is -2.33. The molecule has 1 heteroatoms. The van der Waals surface area contributed by atoms with E-state index < -0.39 is 0 Å². The second-order valence-corrected chi connectivity index (χ2v) is 7.58. The van der Waals surface area contributed by atoms with E-state index in [2.05, 4.69) is 97.9 Å². The van der Waals surface area contributed by atoms with Crippen LogP contribution in [-0.2, 0) is 11.8 Å². The molecular formula is C27H20O. The number of ether oxygens (including phenoxy) is 1. The molecule has 0 radical (unpaired) electrons. The molecule has 1 aliphatic carbocycles. The average Bonchev–Trinajstić information content (AvgIpc) is 3.05. The molecule has 0 amide bonds.